The van der Waals surface area contributed by atoms with Gasteiger partial charge in [-0.1, -0.05) is 67.1 Å². The summed E-state index contributed by atoms with van der Waals surface area (Å²) < 4.78 is 0. The monoisotopic (exact) mass is 352 g/mol. The lowest BCUT2D eigenvalue weighted by Crippen LogP contribution is -2.48. The van der Waals surface area contributed by atoms with E-state index in [1.807, 2.05) is 68.4 Å². The van der Waals surface area contributed by atoms with E-state index < -0.39 is 6.04 Å². The van der Waals surface area contributed by atoms with Gasteiger partial charge in [0.05, 0.1) is 6.42 Å². The summed E-state index contributed by atoms with van der Waals surface area (Å²) in [6, 6.07) is 17.2. The number of hydrogen-bond donors (Lipinski definition) is 1. The zero-order valence-corrected chi connectivity index (χ0v) is 15.9. The van der Waals surface area contributed by atoms with Crippen molar-refractivity contribution >= 4 is 11.8 Å². The molecule has 138 valence electrons. The Labute approximate surface area is 156 Å². The second kappa shape index (κ2) is 9.76. The van der Waals surface area contributed by atoms with Gasteiger partial charge in [-0.2, -0.15) is 0 Å². The van der Waals surface area contributed by atoms with Gasteiger partial charge in [0.15, 0.2) is 0 Å². The fraction of sp³-hybridized carbons (Fsp3) is 0.364. The zero-order valence-electron chi connectivity index (χ0n) is 15.9. The van der Waals surface area contributed by atoms with Gasteiger partial charge in [0.25, 0.3) is 0 Å². The number of carbonyl (C=O) groups is 2. The second-order valence-corrected chi connectivity index (χ2v) is 6.64. The standard InChI is InChI=1S/C22H28N2O2/c1-4-14-23-22(26)18(3)24(16-20-8-6-5-7-9-20)21(25)15-19-12-10-17(2)11-13-19/h5-13,18H,4,14-16H2,1-3H3,(H,23,26)/t18-/m0/s1. The first-order valence-corrected chi connectivity index (χ1v) is 9.18. The van der Waals surface area contributed by atoms with Crippen LogP contribution in [0.4, 0.5) is 0 Å². The summed E-state index contributed by atoms with van der Waals surface area (Å²) >= 11 is 0. The molecule has 0 heterocycles. The highest BCUT2D eigenvalue weighted by Gasteiger charge is 2.25. The number of rotatable bonds is 8. The average Bonchev–Trinajstić information content (AvgIpc) is 2.66. The predicted molar refractivity (Wildman–Crippen MR) is 105 cm³/mol. The molecule has 26 heavy (non-hydrogen) atoms. The molecule has 0 aliphatic carbocycles. The Balaban J connectivity index is 2.16. The van der Waals surface area contributed by atoms with Crippen LogP contribution in [0, 0.1) is 6.92 Å². The van der Waals surface area contributed by atoms with Crippen LogP contribution in [-0.4, -0.2) is 29.3 Å². The van der Waals surface area contributed by atoms with E-state index in [-0.39, 0.29) is 11.8 Å². The Morgan fingerprint density at radius 3 is 2.27 bits per heavy atom. The quantitative estimate of drug-likeness (QED) is 0.791. The first-order valence-electron chi connectivity index (χ1n) is 9.18. The minimum absolute atomic E-state index is 0.0446. The molecule has 0 fully saturated rings. The van der Waals surface area contributed by atoms with Crippen LogP contribution in [0.2, 0.25) is 0 Å². The lowest BCUT2D eigenvalue weighted by molar-refractivity contribution is -0.140. The van der Waals surface area contributed by atoms with Crippen LogP contribution < -0.4 is 5.32 Å². The molecule has 2 aromatic rings. The molecule has 0 aromatic heterocycles. The number of amides is 2. The van der Waals surface area contributed by atoms with Gasteiger partial charge >= 0.3 is 0 Å². The molecule has 0 saturated heterocycles. The number of nitrogens with one attached hydrogen (secondary N) is 1. The third kappa shape index (κ3) is 5.73. The normalized spacial score (nSPS) is 11.7. The summed E-state index contributed by atoms with van der Waals surface area (Å²) in [5.74, 6) is -0.156. The minimum atomic E-state index is -0.514. The molecule has 1 atom stereocenters. The van der Waals surface area contributed by atoms with E-state index in [2.05, 4.69) is 5.32 Å². The van der Waals surface area contributed by atoms with Gasteiger partial charge in [-0.15, -0.1) is 0 Å². The van der Waals surface area contributed by atoms with Crippen LogP contribution in [0.15, 0.2) is 54.6 Å². The van der Waals surface area contributed by atoms with Crippen molar-refractivity contribution in [2.45, 2.75) is 46.2 Å². The Bertz CT molecular complexity index is 711. The average molecular weight is 352 g/mol. The summed E-state index contributed by atoms with van der Waals surface area (Å²) in [6.45, 7) is 6.87. The fourth-order valence-electron chi connectivity index (χ4n) is 2.74. The largest absolute Gasteiger partial charge is 0.354 e. The molecule has 0 unspecified atom stereocenters. The topological polar surface area (TPSA) is 49.4 Å². The van der Waals surface area contributed by atoms with Crippen molar-refractivity contribution in [3.8, 4) is 0 Å². The first-order chi connectivity index (χ1) is 12.5. The Morgan fingerprint density at radius 2 is 1.65 bits per heavy atom. The molecule has 0 bridgehead atoms. The Hall–Kier alpha value is -2.62. The Kier molecular flexibility index (Phi) is 7.39. The van der Waals surface area contributed by atoms with Crippen molar-refractivity contribution in [3.05, 3.63) is 71.3 Å². The number of benzene rings is 2. The third-order valence-corrected chi connectivity index (χ3v) is 4.39. The van der Waals surface area contributed by atoms with E-state index in [4.69, 9.17) is 0 Å². The van der Waals surface area contributed by atoms with E-state index in [0.717, 1.165) is 23.1 Å². The van der Waals surface area contributed by atoms with Crippen LogP contribution in [0.25, 0.3) is 0 Å². The smallest absolute Gasteiger partial charge is 0.242 e. The number of nitrogens with zero attached hydrogens (tertiary/aromatic N) is 1. The summed E-state index contributed by atoms with van der Waals surface area (Å²) in [6.07, 6.45) is 1.16. The third-order valence-electron chi connectivity index (χ3n) is 4.39. The predicted octanol–water partition coefficient (Wildman–Crippen LogP) is 3.48. The van der Waals surface area contributed by atoms with Crippen molar-refractivity contribution in [1.29, 1.82) is 0 Å². The van der Waals surface area contributed by atoms with Crippen molar-refractivity contribution in [3.63, 3.8) is 0 Å². The van der Waals surface area contributed by atoms with Gasteiger partial charge in [0.1, 0.15) is 6.04 Å². The molecular formula is C22H28N2O2. The highest BCUT2D eigenvalue weighted by molar-refractivity contribution is 5.88. The molecule has 2 rings (SSSR count). The molecule has 1 N–H and O–H groups in total. The van der Waals surface area contributed by atoms with Crippen LogP contribution in [0.1, 0.15) is 37.0 Å². The molecule has 2 amide bonds. The Morgan fingerprint density at radius 1 is 1.00 bits per heavy atom. The van der Waals surface area contributed by atoms with Gasteiger partial charge < -0.3 is 10.2 Å². The first kappa shape index (κ1) is 19.7. The summed E-state index contributed by atoms with van der Waals surface area (Å²) in [4.78, 5) is 27.1. The van der Waals surface area contributed by atoms with Crippen LogP contribution >= 0.6 is 0 Å². The highest BCUT2D eigenvalue weighted by Crippen LogP contribution is 2.13. The SMILES string of the molecule is CCCNC(=O)[C@H](C)N(Cc1ccccc1)C(=O)Cc1ccc(C)cc1. The molecule has 4 heteroatoms. The molecule has 0 radical (unpaired) electrons. The fourth-order valence-corrected chi connectivity index (χ4v) is 2.74. The molecular weight excluding hydrogens is 324 g/mol. The van der Waals surface area contributed by atoms with Crippen molar-refractivity contribution in [2.24, 2.45) is 0 Å². The molecule has 0 aliphatic heterocycles. The highest BCUT2D eigenvalue weighted by atomic mass is 16.2. The van der Waals surface area contributed by atoms with Crippen molar-refractivity contribution < 1.29 is 9.59 Å². The van der Waals surface area contributed by atoms with Crippen molar-refractivity contribution in [1.82, 2.24) is 10.2 Å². The van der Waals surface area contributed by atoms with E-state index in [1.54, 1.807) is 11.8 Å². The lowest BCUT2D eigenvalue weighted by Gasteiger charge is -2.29. The minimum Gasteiger partial charge on any atom is -0.354 e. The zero-order chi connectivity index (χ0) is 18.9. The summed E-state index contributed by atoms with van der Waals surface area (Å²) in [5, 5.41) is 2.89. The molecule has 2 aromatic carbocycles. The van der Waals surface area contributed by atoms with E-state index in [0.29, 0.717) is 19.5 Å². The van der Waals surface area contributed by atoms with Crippen molar-refractivity contribution in [2.75, 3.05) is 6.54 Å². The van der Waals surface area contributed by atoms with Crippen LogP contribution in [-0.2, 0) is 22.6 Å². The van der Waals surface area contributed by atoms with Crippen LogP contribution in [0.5, 0.6) is 0 Å². The van der Waals surface area contributed by atoms with E-state index in [1.165, 1.54) is 0 Å². The van der Waals surface area contributed by atoms with Gasteiger partial charge in [0, 0.05) is 13.1 Å². The maximum atomic E-state index is 13.0. The van der Waals surface area contributed by atoms with Crippen LogP contribution in [0.3, 0.4) is 0 Å². The molecule has 0 saturated carbocycles. The van der Waals surface area contributed by atoms with Gasteiger partial charge in [-0.05, 0) is 31.4 Å². The maximum absolute atomic E-state index is 13.0. The maximum Gasteiger partial charge on any atom is 0.242 e. The number of aryl methyl sites for hydroxylation is 1. The summed E-state index contributed by atoms with van der Waals surface area (Å²) in [7, 11) is 0. The second-order valence-electron chi connectivity index (χ2n) is 6.64. The molecule has 0 aliphatic rings. The number of carbonyl (C=O) groups excluding carboxylic acids is 2. The van der Waals surface area contributed by atoms with Gasteiger partial charge in [0.2, 0.25) is 11.8 Å². The van der Waals surface area contributed by atoms with Gasteiger partial charge in [-0.3, -0.25) is 9.59 Å². The number of hydrogen-bond acceptors (Lipinski definition) is 2. The van der Waals surface area contributed by atoms with Gasteiger partial charge in [-0.25, -0.2) is 0 Å². The lowest BCUT2D eigenvalue weighted by atomic mass is 10.1. The van der Waals surface area contributed by atoms with E-state index >= 15 is 0 Å². The summed E-state index contributed by atoms with van der Waals surface area (Å²) in [5.41, 5.74) is 3.13. The van der Waals surface area contributed by atoms with E-state index in [9.17, 15) is 9.59 Å². The molecule has 0 spiro atoms. The molecule has 4 nitrogen and oxygen atoms in total.